The highest BCUT2D eigenvalue weighted by atomic mass is 16.5. The van der Waals surface area contributed by atoms with Crippen LogP contribution in [0.2, 0.25) is 0 Å². The molecule has 3 heterocycles. The molecule has 3 aromatic rings. The van der Waals surface area contributed by atoms with Gasteiger partial charge in [-0.1, -0.05) is 24.3 Å². The van der Waals surface area contributed by atoms with E-state index in [-0.39, 0.29) is 23.7 Å². The Hall–Kier alpha value is -3.81. The molecule has 8 nitrogen and oxygen atoms in total. The van der Waals surface area contributed by atoms with Gasteiger partial charge in [-0.25, -0.2) is 4.98 Å². The zero-order chi connectivity index (χ0) is 23.3. The second-order valence-corrected chi connectivity index (χ2v) is 9.25. The average molecular weight is 445 g/mol. The molecule has 33 heavy (non-hydrogen) atoms. The maximum Gasteiger partial charge on any atom is 0.228 e. The lowest BCUT2D eigenvalue weighted by atomic mass is 9.70. The molecule has 1 amide bonds. The minimum atomic E-state index is -0.674. The number of pyridine rings is 1. The van der Waals surface area contributed by atoms with Gasteiger partial charge in [0, 0.05) is 30.8 Å². The van der Waals surface area contributed by atoms with Crippen LogP contribution in [0, 0.1) is 17.2 Å². The number of imidazole rings is 1. The summed E-state index contributed by atoms with van der Waals surface area (Å²) in [6.45, 7) is 5.10. The Morgan fingerprint density at radius 3 is 2.67 bits per heavy atom. The van der Waals surface area contributed by atoms with Gasteiger partial charge in [0.25, 0.3) is 0 Å². The molecule has 1 aliphatic carbocycles. The monoisotopic (exact) mass is 444 g/mol. The Balaban J connectivity index is 1.39. The second kappa shape index (κ2) is 7.65. The molecule has 1 aromatic carbocycles. The predicted molar refractivity (Wildman–Crippen MR) is 127 cm³/mol. The standard InChI is InChI=1S/C25H28N6O2/c1-25(2,29-22(32)21-16-11-17(21)14-30(13-16)24(26)27)23-28-12-20-19(5-4-10-31(20)23)15-6-8-18(33-3)9-7-15/h4-12,16,21H,13-14H2,1-3H3,(H3,26,27)(H,29,32)/t16-,21-/m0/s1. The maximum atomic E-state index is 13.2. The predicted octanol–water partition coefficient (Wildman–Crippen LogP) is 2.74. The molecule has 0 spiro atoms. The number of nitrogens with zero attached hydrogens (tertiary/aromatic N) is 3. The highest BCUT2D eigenvalue weighted by molar-refractivity contribution is 5.86. The molecule has 2 aromatic heterocycles. The largest absolute Gasteiger partial charge is 0.497 e. The van der Waals surface area contributed by atoms with Crippen LogP contribution in [-0.4, -0.2) is 46.4 Å². The van der Waals surface area contributed by atoms with Gasteiger partial charge in [-0.2, -0.15) is 0 Å². The number of rotatable bonds is 5. The minimum absolute atomic E-state index is 0.00578. The fourth-order valence-electron chi connectivity index (χ4n) is 4.97. The summed E-state index contributed by atoms with van der Waals surface area (Å²) >= 11 is 0. The lowest BCUT2D eigenvalue weighted by molar-refractivity contribution is -0.128. The van der Waals surface area contributed by atoms with Crippen molar-refractivity contribution in [2.45, 2.75) is 19.4 Å². The van der Waals surface area contributed by atoms with Crippen molar-refractivity contribution >= 4 is 17.4 Å². The van der Waals surface area contributed by atoms with Crippen molar-refractivity contribution in [2.24, 2.45) is 17.6 Å². The third-order valence-electron chi connectivity index (χ3n) is 6.65. The van der Waals surface area contributed by atoms with Crippen LogP contribution in [0.4, 0.5) is 0 Å². The molecule has 0 saturated carbocycles. The van der Waals surface area contributed by atoms with Gasteiger partial charge in [-0.15, -0.1) is 0 Å². The number of amides is 1. The van der Waals surface area contributed by atoms with Crippen molar-refractivity contribution in [3.05, 3.63) is 66.3 Å². The van der Waals surface area contributed by atoms with E-state index in [1.807, 2.05) is 61.0 Å². The minimum Gasteiger partial charge on any atom is -0.497 e. The van der Waals surface area contributed by atoms with Crippen molar-refractivity contribution in [1.82, 2.24) is 19.6 Å². The molecule has 0 unspecified atom stereocenters. The molecule has 2 bridgehead atoms. The van der Waals surface area contributed by atoms with Crippen molar-refractivity contribution in [3.8, 4) is 16.9 Å². The number of piperidine rings is 1. The van der Waals surface area contributed by atoms with Crippen molar-refractivity contribution in [3.63, 3.8) is 0 Å². The first-order valence-corrected chi connectivity index (χ1v) is 11.0. The summed E-state index contributed by atoms with van der Waals surface area (Å²) in [5.74, 6) is 1.55. The Kier molecular flexibility index (Phi) is 4.88. The molecule has 1 aliphatic heterocycles. The first-order chi connectivity index (χ1) is 15.8. The number of benzene rings is 1. The van der Waals surface area contributed by atoms with E-state index in [2.05, 4.69) is 17.5 Å². The number of aromatic nitrogens is 2. The van der Waals surface area contributed by atoms with E-state index in [0.29, 0.717) is 13.1 Å². The van der Waals surface area contributed by atoms with Crippen LogP contribution >= 0.6 is 0 Å². The number of hydrogen-bond acceptors (Lipinski definition) is 4. The number of hydrogen-bond donors (Lipinski definition) is 3. The van der Waals surface area contributed by atoms with E-state index < -0.39 is 5.54 Å². The van der Waals surface area contributed by atoms with Gasteiger partial charge in [0.1, 0.15) is 11.6 Å². The molecular formula is C25H28N6O2. The van der Waals surface area contributed by atoms with Gasteiger partial charge in [0.2, 0.25) is 5.91 Å². The number of fused-ring (bicyclic) bond motifs is 2. The summed E-state index contributed by atoms with van der Waals surface area (Å²) in [7, 11) is 1.65. The molecular weight excluding hydrogens is 416 g/mol. The molecule has 4 N–H and O–H groups in total. The van der Waals surface area contributed by atoms with Crippen LogP contribution in [0.15, 0.2) is 60.4 Å². The molecule has 8 heteroatoms. The highest BCUT2D eigenvalue weighted by Gasteiger charge is 2.45. The van der Waals surface area contributed by atoms with Crippen molar-refractivity contribution < 1.29 is 9.53 Å². The molecule has 2 atom stereocenters. The molecule has 5 rings (SSSR count). The third kappa shape index (κ3) is 3.51. The van der Waals surface area contributed by atoms with Gasteiger partial charge >= 0.3 is 0 Å². The van der Waals surface area contributed by atoms with Crippen LogP contribution in [-0.2, 0) is 10.3 Å². The first-order valence-electron chi connectivity index (χ1n) is 11.0. The summed E-state index contributed by atoms with van der Waals surface area (Å²) in [5, 5.41) is 10.9. The van der Waals surface area contributed by atoms with Gasteiger partial charge in [-0.05, 0) is 43.2 Å². The number of likely N-dealkylation sites (tertiary alicyclic amines) is 1. The lowest BCUT2D eigenvalue weighted by Crippen LogP contribution is -2.57. The number of nitrogens with two attached hydrogens (primary N) is 1. The Morgan fingerprint density at radius 1 is 1.27 bits per heavy atom. The van der Waals surface area contributed by atoms with Crippen molar-refractivity contribution in [2.75, 3.05) is 20.2 Å². The summed E-state index contributed by atoms with van der Waals surface area (Å²) < 4.78 is 7.32. The van der Waals surface area contributed by atoms with E-state index in [1.165, 1.54) is 0 Å². The first kappa shape index (κ1) is 21.1. The van der Waals surface area contributed by atoms with Crippen LogP contribution in [0.3, 0.4) is 0 Å². The van der Waals surface area contributed by atoms with E-state index in [9.17, 15) is 4.79 Å². The summed E-state index contributed by atoms with van der Waals surface area (Å²) in [6, 6.07) is 12.0. The number of carbonyl (C=O) groups excluding carboxylic acids is 1. The molecule has 170 valence electrons. The second-order valence-electron chi connectivity index (χ2n) is 9.25. The van der Waals surface area contributed by atoms with Gasteiger partial charge in [0.15, 0.2) is 5.96 Å². The topological polar surface area (TPSA) is 109 Å². The number of carbonyl (C=O) groups is 1. The van der Waals surface area contributed by atoms with E-state index in [0.717, 1.165) is 33.8 Å². The van der Waals surface area contributed by atoms with Gasteiger partial charge < -0.3 is 25.1 Å². The van der Waals surface area contributed by atoms with E-state index in [1.54, 1.807) is 12.0 Å². The SMILES string of the molecule is COc1ccc(-c2cccn3c(C(C)(C)NC(=O)[C@@H]4C5=C[C@H]4CN(C(=N)N)C5)ncc23)cc1. The number of nitrogens with one attached hydrogen (secondary N) is 2. The van der Waals surface area contributed by atoms with Crippen LogP contribution in [0.5, 0.6) is 5.75 Å². The average Bonchev–Trinajstić information content (AvgIpc) is 3.24. The van der Waals surface area contributed by atoms with E-state index >= 15 is 0 Å². The summed E-state index contributed by atoms with van der Waals surface area (Å²) in [6.07, 6.45) is 5.96. The summed E-state index contributed by atoms with van der Waals surface area (Å²) in [5.41, 5.74) is 9.08. The zero-order valence-electron chi connectivity index (χ0n) is 19.0. The third-order valence-corrected chi connectivity index (χ3v) is 6.65. The normalized spacial score (nSPS) is 19.6. The molecule has 2 aliphatic rings. The molecule has 0 radical (unpaired) electrons. The fraction of sp³-hybridized carbons (Fsp3) is 0.320. The maximum absolute atomic E-state index is 13.2. The number of methoxy groups -OCH3 is 1. The Morgan fingerprint density at radius 2 is 2.03 bits per heavy atom. The van der Waals surface area contributed by atoms with Crippen LogP contribution in [0.25, 0.3) is 16.6 Å². The van der Waals surface area contributed by atoms with E-state index in [4.69, 9.17) is 20.9 Å². The molecule has 0 fully saturated rings. The number of ether oxygens (including phenoxy) is 1. The lowest BCUT2D eigenvalue weighted by Gasteiger charge is -2.46. The smallest absolute Gasteiger partial charge is 0.228 e. The Labute approximate surface area is 192 Å². The summed E-state index contributed by atoms with van der Waals surface area (Å²) in [4.78, 5) is 19.7. The fourth-order valence-corrected chi connectivity index (χ4v) is 4.97. The van der Waals surface area contributed by atoms with Crippen LogP contribution in [0.1, 0.15) is 19.7 Å². The molecule has 0 saturated heterocycles. The Bertz CT molecular complexity index is 1270. The van der Waals surface area contributed by atoms with Crippen molar-refractivity contribution in [1.29, 1.82) is 5.41 Å². The highest BCUT2D eigenvalue weighted by Crippen LogP contribution is 2.40. The van der Waals surface area contributed by atoms with Gasteiger partial charge in [0.05, 0.1) is 30.3 Å². The van der Waals surface area contributed by atoms with Crippen LogP contribution < -0.4 is 15.8 Å². The zero-order valence-corrected chi connectivity index (χ0v) is 19.0. The quantitative estimate of drug-likeness (QED) is 0.319. The van der Waals surface area contributed by atoms with Gasteiger partial charge in [-0.3, -0.25) is 10.2 Å². The number of guanidine groups is 1.